The molecule has 0 unspecified atom stereocenters. The fourth-order valence-corrected chi connectivity index (χ4v) is 2.42. The number of benzene rings is 1. The lowest BCUT2D eigenvalue weighted by Crippen LogP contribution is -2.43. The molecule has 0 heterocycles. The Balaban J connectivity index is 1.88. The summed E-state index contributed by atoms with van der Waals surface area (Å²) in [5, 5.41) is 6.77. The summed E-state index contributed by atoms with van der Waals surface area (Å²) in [5.74, 6) is 1.81. The number of nitrogens with one attached hydrogen (secondary N) is 2. The van der Waals surface area contributed by atoms with E-state index in [-0.39, 0.29) is 4.75 Å². The van der Waals surface area contributed by atoms with Gasteiger partial charge in [-0.15, -0.1) is 0 Å². The second kappa shape index (κ2) is 8.48. The molecular formula is C18H29N3OS. The quantitative estimate of drug-likeness (QED) is 0.592. The van der Waals surface area contributed by atoms with Crippen molar-refractivity contribution >= 4 is 17.7 Å². The summed E-state index contributed by atoms with van der Waals surface area (Å²) in [4.78, 5) is 4.30. The molecule has 0 spiro atoms. The minimum Gasteiger partial charge on any atom is -0.490 e. The molecule has 2 N–H and O–H groups in total. The van der Waals surface area contributed by atoms with Crippen molar-refractivity contribution < 1.29 is 4.74 Å². The van der Waals surface area contributed by atoms with E-state index >= 15 is 0 Å². The van der Waals surface area contributed by atoms with Crippen LogP contribution in [0, 0.1) is 0 Å². The summed E-state index contributed by atoms with van der Waals surface area (Å²) in [6.07, 6.45) is 6.17. The summed E-state index contributed by atoms with van der Waals surface area (Å²) in [5.41, 5.74) is 1.17. The Morgan fingerprint density at radius 2 is 2.04 bits per heavy atom. The Kier molecular flexibility index (Phi) is 6.63. The molecule has 128 valence electrons. The third kappa shape index (κ3) is 5.65. The van der Waals surface area contributed by atoms with Gasteiger partial charge in [-0.1, -0.05) is 18.2 Å². The third-order valence-electron chi connectivity index (χ3n) is 4.22. The van der Waals surface area contributed by atoms with Crippen LogP contribution >= 0.6 is 11.8 Å². The number of guanidine groups is 1. The second-order valence-electron chi connectivity index (χ2n) is 6.52. The van der Waals surface area contributed by atoms with E-state index in [0.29, 0.717) is 12.6 Å². The van der Waals surface area contributed by atoms with Crippen molar-refractivity contribution in [3.63, 3.8) is 0 Å². The average molecular weight is 336 g/mol. The molecule has 0 aliphatic heterocycles. The lowest BCUT2D eigenvalue weighted by Gasteiger charge is -2.27. The van der Waals surface area contributed by atoms with Crippen molar-refractivity contribution in [2.45, 2.75) is 50.5 Å². The van der Waals surface area contributed by atoms with E-state index in [4.69, 9.17) is 4.74 Å². The molecular weight excluding hydrogens is 306 g/mol. The van der Waals surface area contributed by atoms with Gasteiger partial charge in [0.25, 0.3) is 0 Å². The molecule has 1 saturated carbocycles. The minimum atomic E-state index is 0.183. The van der Waals surface area contributed by atoms with Crippen molar-refractivity contribution in [2.24, 2.45) is 4.99 Å². The second-order valence-corrected chi connectivity index (χ2v) is 8.04. The highest BCUT2D eigenvalue weighted by molar-refractivity contribution is 7.99. The zero-order valence-electron chi connectivity index (χ0n) is 14.7. The molecule has 0 amide bonds. The SMILES string of the molecule is CN=C(NCc1ccccc1OC1CCC1)NCC(C)(C)SC. The van der Waals surface area contributed by atoms with Gasteiger partial charge in [0.1, 0.15) is 5.75 Å². The summed E-state index contributed by atoms with van der Waals surface area (Å²) in [6, 6.07) is 8.26. The molecule has 2 rings (SSSR count). The first kappa shape index (κ1) is 18.0. The van der Waals surface area contributed by atoms with E-state index in [9.17, 15) is 0 Å². The first-order chi connectivity index (χ1) is 11.0. The monoisotopic (exact) mass is 335 g/mol. The maximum Gasteiger partial charge on any atom is 0.191 e. The predicted molar refractivity (Wildman–Crippen MR) is 101 cm³/mol. The zero-order valence-corrected chi connectivity index (χ0v) is 15.5. The van der Waals surface area contributed by atoms with Crippen LogP contribution in [0.25, 0.3) is 0 Å². The van der Waals surface area contributed by atoms with Crippen molar-refractivity contribution in [1.82, 2.24) is 10.6 Å². The number of hydrogen-bond acceptors (Lipinski definition) is 3. The van der Waals surface area contributed by atoms with E-state index in [1.807, 2.05) is 17.8 Å². The van der Waals surface area contributed by atoms with E-state index in [0.717, 1.165) is 18.3 Å². The number of para-hydroxylation sites is 1. The Hall–Kier alpha value is -1.36. The van der Waals surface area contributed by atoms with Crippen LogP contribution in [-0.2, 0) is 6.54 Å². The number of aliphatic imine (C=N–C) groups is 1. The molecule has 1 aromatic carbocycles. The number of hydrogen-bond donors (Lipinski definition) is 2. The van der Waals surface area contributed by atoms with Gasteiger partial charge in [0, 0.05) is 30.4 Å². The summed E-state index contributed by atoms with van der Waals surface area (Å²) < 4.78 is 6.26. The van der Waals surface area contributed by atoms with Gasteiger partial charge >= 0.3 is 0 Å². The van der Waals surface area contributed by atoms with Crippen LogP contribution in [0.3, 0.4) is 0 Å². The lowest BCUT2D eigenvalue weighted by atomic mass is 9.96. The van der Waals surface area contributed by atoms with E-state index in [1.165, 1.54) is 24.8 Å². The maximum absolute atomic E-state index is 6.08. The number of rotatable bonds is 7. The van der Waals surface area contributed by atoms with Crippen LogP contribution in [-0.4, -0.2) is 36.7 Å². The molecule has 1 aromatic rings. The highest BCUT2D eigenvalue weighted by Gasteiger charge is 2.20. The average Bonchev–Trinajstić information content (AvgIpc) is 2.52. The fourth-order valence-electron chi connectivity index (χ4n) is 2.20. The lowest BCUT2D eigenvalue weighted by molar-refractivity contribution is 0.119. The topological polar surface area (TPSA) is 45.7 Å². The molecule has 23 heavy (non-hydrogen) atoms. The van der Waals surface area contributed by atoms with Crippen molar-refractivity contribution in [1.29, 1.82) is 0 Å². The van der Waals surface area contributed by atoms with Gasteiger partial charge in [0.2, 0.25) is 0 Å². The zero-order chi connectivity index (χ0) is 16.7. The third-order valence-corrected chi connectivity index (χ3v) is 5.47. The smallest absolute Gasteiger partial charge is 0.191 e. The van der Waals surface area contributed by atoms with Crippen molar-refractivity contribution in [3.8, 4) is 5.75 Å². The van der Waals surface area contributed by atoms with Crippen LogP contribution < -0.4 is 15.4 Å². The largest absolute Gasteiger partial charge is 0.490 e. The molecule has 0 aromatic heterocycles. The Bertz CT molecular complexity index is 527. The maximum atomic E-state index is 6.08. The molecule has 0 bridgehead atoms. The van der Waals surface area contributed by atoms with Gasteiger partial charge in [-0.3, -0.25) is 4.99 Å². The number of thioether (sulfide) groups is 1. The van der Waals surface area contributed by atoms with Crippen LogP contribution in [0.4, 0.5) is 0 Å². The Morgan fingerprint density at radius 1 is 1.30 bits per heavy atom. The van der Waals surface area contributed by atoms with E-state index in [2.05, 4.69) is 53.9 Å². The van der Waals surface area contributed by atoms with Gasteiger partial charge in [0.05, 0.1) is 6.10 Å². The van der Waals surface area contributed by atoms with Crippen molar-refractivity contribution in [2.75, 3.05) is 19.8 Å². The molecule has 4 nitrogen and oxygen atoms in total. The fraction of sp³-hybridized carbons (Fsp3) is 0.611. The number of nitrogens with zero attached hydrogens (tertiary/aromatic N) is 1. The highest BCUT2D eigenvalue weighted by Crippen LogP contribution is 2.27. The standard InChI is InChI=1S/C18H29N3OS/c1-18(2,23-4)13-21-17(19-3)20-12-14-8-5-6-11-16(14)22-15-9-7-10-15/h5-6,8,11,15H,7,9-10,12-13H2,1-4H3,(H2,19,20,21). The minimum absolute atomic E-state index is 0.183. The van der Waals surface area contributed by atoms with Crippen molar-refractivity contribution in [3.05, 3.63) is 29.8 Å². The summed E-state index contributed by atoms with van der Waals surface area (Å²) >= 11 is 1.85. The van der Waals surface area contributed by atoms with E-state index in [1.54, 1.807) is 7.05 Å². The summed E-state index contributed by atoms with van der Waals surface area (Å²) in [7, 11) is 1.80. The molecule has 0 atom stereocenters. The van der Waals surface area contributed by atoms with Crippen LogP contribution in [0.15, 0.2) is 29.3 Å². The van der Waals surface area contributed by atoms with Crippen LogP contribution in [0.1, 0.15) is 38.7 Å². The van der Waals surface area contributed by atoms with E-state index < -0.39 is 0 Å². The Morgan fingerprint density at radius 3 is 2.65 bits per heavy atom. The predicted octanol–water partition coefficient (Wildman–Crippen LogP) is 3.42. The summed E-state index contributed by atoms with van der Waals surface area (Å²) in [6.45, 7) is 6.02. The first-order valence-corrected chi connectivity index (χ1v) is 9.51. The molecule has 1 fully saturated rings. The van der Waals surface area contributed by atoms with Gasteiger partial charge in [0.15, 0.2) is 5.96 Å². The molecule has 5 heteroatoms. The van der Waals surface area contributed by atoms with Gasteiger partial charge < -0.3 is 15.4 Å². The van der Waals surface area contributed by atoms with Gasteiger partial charge in [-0.05, 0) is 45.4 Å². The van der Waals surface area contributed by atoms with Crippen LogP contribution in [0.5, 0.6) is 5.75 Å². The highest BCUT2D eigenvalue weighted by atomic mass is 32.2. The van der Waals surface area contributed by atoms with Gasteiger partial charge in [-0.25, -0.2) is 0 Å². The van der Waals surface area contributed by atoms with Crippen LogP contribution in [0.2, 0.25) is 0 Å². The normalized spacial score (nSPS) is 15.9. The molecule has 1 aliphatic carbocycles. The Labute approximate surface area is 144 Å². The van der Waals surface area contributed by atoms with Gasteiger partial charge in [-0.2, -0.15) is 11.8 Å². The molecule has 1 aliphatic rings. The molecule has 0 radical (unpaired) electrons. The first-order valence-electron chi connectivity index (χ1n) is 8.28. The number of ether oxygens (including phenoxy) is 1. The molecule has 0 saturated heterocycles.